The molecule has 10 nitrogen and oxygen atoms in total. The van der Waals surface area contributed by atoms with E-state index in [0.717, 1.165) is 31.9 Å². The van der Waals surface area contributed by atoms with Crippen LogP contribution in [-0.4, -0.2) is 51.7 Å². The number of rotatable bonds is 5. The highest BCUT2D eigenvalue weighted by Gasteiger charge is 2.16. The zero-order chi connectivity index (χ0) is 20.5. The zero-order valence-electron chi connectivity index (χ0n) is 16.1. The number of nitrogens with zero attached hydrogens (tertiary/aromatic N) is 5. The largest absolute Gasteiger partial charge is 0.462 e. The number of furan rings is 1. The molecule has 5 rings (SSSR count). The third-order valence-electron chi connectivity index (χ3n) is 5.05. The molecule has 0 atom stereocenters. The minimum Gasteiger partial charge on any atom is -0.462 e. The van der Waals surface area contributed by atoms with E-state index in [1.54, 1.807) is 16.8 Å². The van der Waals surface area contributed by atoms with Gasteiger partial charge in [0, 0.05) is 37.6 Å². The van der Waals surface area contributed by atoms with Crippen LogP contribution in [0.15, 0.2) is 53.5 Å². The summed E-state index contributed by atoms with van der Waals surface area (Å²) in [4.78, 5) is 22.5. The molecule has 152 valence electrons. The maximum absolute atomic E-state index is 11.3. The number of hydrogen-bond donors (Lipinski definition) is 3. The number of fused-ring (bicyclic) bond motifs is 1. The molecule has 4 N–H and O–H groups in total. The van der Waals surface area contributed by atoms with Crippen LogP contribution in [-0.2, 0) is 0 Å². The van der Waals surface area contributed by atoms with Gasteiger partial charge in [0.25, 0.3) is 5.91 Å². The molecular weight excluding hydrogens is 384 g/mol. The number of amides is 1. The Morgan fingerprint density at radius 2 is 1.97 bits per heavy atom. The van der Waals surface area contributed by atoms with Crippen molar-refractivity contribution in [2.24, 2.45) is 5.73 Å². The summed E-state index contributed by atoms with van der Waals surface area (Å²) in [6, 6.07) is 9.79. The standard InChI is InChI=1S/C20H20N8O2/c21-18(29)13-9-17(30-11-13)16-10-23-19(20-24-12-25-28(16)20)26-14-1-3-15(4-2-14)27-7-5-22-6-8-27/h1-4,9-12,22H,5-8H2,(H2,21,29)(H,23,26). The molecule has 4 aromatic rings. The van der Waals surface area contributed by atoms with Gasteiger partial charge in [0.05, 0.1) is 11.8 Å². The first-order valence-corrected chi connectivity index (χ1v) is 9.59. The van der Waals surface area contributed by atoms with Crippen molar-refractivity contribution in [3.8, 4) is 11.5 Å². The number of primary amides is 1. The van der Waals surface area contributed by atoms with Crippen molar-refractivity contribution in [3.63, 3.8) is 0 Å². The monoisotopic (exact) mass is 404 g/mol. The molecule has 0 saturated carbocycles. The van der Waals surface area contributed by atoms with Crippen LogP contribution < -0.4 is 21.3 Å². The summed E-state index contributed by atoms with van der Waals surface area (Å²) >= 11 is 0. The second-order valence-corrected chi connectivity index (χ2v) is 6.96. The van der Waals surface area contributed by atoms with Gasteiger partial charge in [-0.3, -0.25) is 4.79 Å². The van der Waals surface area contributed by atoms with Crippen LogP contribution in [0, 0.1) is 0 Å². The van der Waals surface area contributed by atoms with Gasteiger partial charge in [0.15, 0.2) is 17.2 Å². The summed E-state index contributed by atoms with van der Waals surface area (Å²) in [6.45, 7) is 4.00. The molecule has 1 aliphatic rings. The minimum absolute atomic E-state index is 0.282. The number of carbonyl (C=O) groups excluding carboxylic acids is 1. The summed E-state index contributed by atoms with van der Waals surface area (Å²) in [6.07, 6.45) is 4.37. The second-order valence-electron chi connectivity index (χ2n) is 6.96. The van der Waals surface area contributed by atoms with Crippen LogP contribution in [0.5, 0.6) is 0 Å². The first kappa shape index (κ1) is 18.1. The van der Waals surface area contributed by atoms with Crippen molar-refractivity contribution >= 4 is 28.7 Å². The Balaban J connectivity index is 1.41. The quantitative estimate of drug-likeness (QED) is 0.458. The number of nitrogens with two attached hydrogens (primary N) is 1. The number of piperazine rings is 1. The Morgan fingerprint density at radius 1 is 1.17 bits per heavy atom. The number of aromatic nitrogens is 4. The molecule has 30 heavy (non-hydrogen) atoms. The molecule has 1 fully saturated rings. The Kier molecular flexibility index (Phi) is 4.52. The van der Waals surface area contributed by atoms with Gasteiger partial charge >= 0.3 is 0 Å². The minimum atomic E-state index is -0.560. The number of anilines is 3. The molecule has 1 amide bonds. The molecule has 4 heterocycles. The molecule has 0 bridgehead atoms. The molecule has 1 aromatic carbocycles. The van der Waals surface area contributed by atoms with Crippen LogP contribution in [0.25, 0.3) is 17.1 Å². The predicted octanol–water partition coefficient (Wildman–Crippen LogP) is 1.64. The van der Waals surface area contributed by atoms with Crippen LogP contribution in [0.4, 0.5) is 17.2 Å². The van der Waals surface area contributed by atoms with Crippen molar-refractivity contribution in [2.45, 2.75) is 0 Å². The summed E-state index contributed by atoms with van der Waals surface area (Å²) in [7, 11) is 0. The summed E-state index contributed by atoms with van der Waals surface area (Å²) < 4.78 is 7.06. The van der Waals surface area contributed by atoms with Crippen molar-refractivity contribution in [1.29, 1.82) is 0 Å². The summed E-state index contributed by atoms with van der Waals surface area (Å²) in [5.74, 6) is 0.432. The maximum atomic E-state index is 11.3. The van der Waals surface area contributed by atoms with E-state index in [0.29, 0.717) is 22.9 Å². The average Bonchev–Trinajstić information content (AvgIpc) is 3.46. The lowest BCUT2D eigenvalue weighted by atomic mass is 10.2. The van der Waals surface area contributed by atoms with Gasteiger partial charge in [0.1, 0.15) is 18.3 Å². The highest BCUT2D eigenvalue weighted by molar-refractivity contribution is 5.93. The van der Waals surface area contributed by atoms with Crippen LogP contribution >= 0.6 is 0 Å². The fraction of sp³-hybridized carbons (Fsp3) is 0.200. The van der Waals surface area contributed by atoms with Gasteiger partial charge < -0.3 is 25.7 Å². The van der Waals surface area contributed by atoms with E-state index in [1.807, 2.05) is 12.1 Å². The highest BCUT2D eigenvalue weighted by Crippen LogP contribution is 2.26. The molecule has 1 saturated heterocycles. The van der Waals surface area contributed by atoms with E-state index >= 15 is 0 Å². The van der Waals surface area contributed by atoms with Crippen LogP contribution in [0.1, 0.15) is 10.4 Å². The maximum Gasteiger partial charge on any atom is 0.251 e. The SMILES string of the molecule is NC(=O)c1coc(-c2cnc(Nc3ccc(N4CCNCC4)cc3)c3ncnn23)c1. The normalized spacial score (nSPS) is 14.2. The molecule has 0 unspecified atom stereocenters. The Morgan fingerprint density at radius 3 is 2.70 bits per heavy atom. The van der Waals surface area contributed by atoms with Gasteiger partial charge in [0.2, 0.25) is 0 Å². The Hall–Kier alpha value is -3.92. The zero-order valence-corrected chi connectivity index (χ0v) is 16.1. The smallest absolute Gasteiger partial charge is 0.251 e. The molecule has 0 aliphatic carbocycles. The second kappa shape index (κ2) is 7.48. The lowest BCUT2D eigenvalue weighted by Gasteiger charge is -2.29. The van der Waals surface area contributed by atoms with Crippen molar-refractivity contribution in [2.75, 3.05) is 36.4 Å². The molecule has 0 spiro atoms. The highest BCUT2D eigenvalue weighted by atomic mass is 16.3. The van der Waals surface area contributed by atoms with E-state index in [1.165, 1.54) is 18.3 Å². The van der Waals surface area contributed by atoms with Gasteiger partial charge in [-0.15, -0.1) is 0 Å². The fourth-order valence-electron chi connectivity index (χ4n) is 3.49. The lowest BCUT2D eigenvalue weighted by Crippen LogP contribution is -2.43. The molecule has 10 heteroatoms. The molecular formula is C20H20N8O2. The van der Waals surface area contributed by atoms with Crippen molar-refractivity contribution < 1.29 is 9.21 Å². The number of nitrogens with one attached hydrogen (secondary N) is 2. The van der Waals surface area contributed by atoms with E-state index in [-0.39, 0.29) is 5.56 Å². The Labute approximate surface area is 171 Å². The third-order valence-corrected chi connectivity index (χ3v) is 5.05. The topological polar surface area (TPSA) is 127 Å². The van der Waals surface area contributed by atoms with Crippen LogP contribution in [0.3, 0.4) is 0 Å². The lowest BCUT2D eigenvalue weighted by molar-refractivity contribution is 0.0999. The summed E-state index contributed by atoms with van der Waals surface area (Å²) in [5, 5.41) is 10.9. The first-order valence-electron chi connectivity index (χ1n) is 9.59. The summed E-state index contributed by atoms with van der Waals surface area (Å²) in [5.41, 5.74) is 8.78. The number of benzene rings is 1. The van der Waals surface area contributed by atoms with Gasteiger partial charge in [-0.2, -0.15) is 5.10 Å². The number of hydrogen-bond acceptors (Lipinski definition) is 8. The fourth-order valence-corrected chi connectivity index (χ4v) is 3.49. The van der Waals surface area contributed by atoms with E-state index in [9.17, 15) is 4.79 Å². The van der Waals surface area contributed by atoms with Gasteiger partial charge in [-0.1, -0.05) is 0 Å². The van der Waals surface area contributed by atoms with Crippen LogP contribution in [0.2, 0.25) is 0 Å². The average molecular weight is 404 g/mol. The predicted molar refractivity (Wildman–Crippen MR) is 112 cm³/mol. The molecule has 0 radical (unpaired) electrons. The molecule has 3 aromatic heterocycles. The van der Waals surface area contributed by atoms with Crippen molar-refractivity contribution in [3.05, 3.63) is 54.7 Å². The number of carbonyl (C=O) groups is 1. The van der Waals surface area contributed by atoms with E-state index in [2.05, 4.69) is 42.7 Å². The van der Waals surface area contributed by atoms with Crippen molar-refractivity contribution in [1.82, 2.24) is 24.9 Å². The third kappa shape index (κ3) is 3.33. The van der Waals surface area contributed by atoms with Gasteiger partial charge in [-0.25, -0.2) is 14.5 Å². The van der Waals surface area contributed by atoms with Gasteiger partial charge in [-0.05, 0) is 30.3 Å². The first-order chi connectivity index (χ1) is 14.7. The molecule has 1 aliphatic heterocycles. The van der Waals surface area contributed by atoms with E-state index < -0.39 is 5.91 Å². The Bertz CT molecular complexity index is 1190. The van der Waals surface area contributed by atoms with E-state index in [4.69, 9.17) is 10.2 Å².